The number of carbonyl (C=O) groups is 2. The Morgan fingerprint density at radius 3 is 2.54 bits per heavy atom. The Labute approximate surface area is 159 Å². The van der Waals surface area contributed by atoms with Crippen molar-refractivity contribution in [3.63, 3.8) is 0 Å². The number of ether oxygens (including phenoxy) is 1. The van der Waals surface area contributed by atoms with Crippen LogP contribution in [0.25, 0.3) is 0 Å². The first-order valence-corrected chi connectivity index (χ1v) is 8.19. The average molecular weight is 397 g/mol. The second-order valence-electron chi connectivity index (χ2n) is 5.34. The molecule has 1 amide bonds. The second kappa shape index (κ2) is 8.64. The number of nitrogens with zero attached hydrogens (tertiary/aromatic N) is 1. The van der Waals surface area contributed by atoms with Crippen molar-refractivity contribution in [3.8, 4) is 0 Å². The molecule has 1 N–H and O–H groups in total. The molecule has 0 aliphatic rings. The summed E-state index contributed by atoms with van der Waals surface area (Å²) in [6.07, 6.45) is 0. The van der Waals surface area contributed by atoms with Crippen LogP contribution in [-0.4, -0.2) is 23.4 Å². The molecule has 2 aromatic rings. The number of carbonyl (C=O) groups excluding carboxylic acids is 2. The van der Waals surface area contributed by atoms with E-state index in [2.05, 4.69) is 5.32 Å². The molecular weight excluding hydrogens is 383 g/mol. The molecule has 2 rings (SSSR count). The molecule has 136 valence electrons. The SMILES string of the molecule is C[C@H](NC(=O)COC(=O)c1cc(Cl)ccc1[N+](=O)[O-])c1cccc(Cl)c1. The summed E-state index contributed by atoms with van der Waals surface area (Å²) in [5.41, 5.74) is 0.00736. The van der Waals surface area contributed by atoms with Crippen LogP contribution in [0.3, 0.4) is 0 Å². The van der Waals surface area contributed by atoms with Crippen LogP contribution in [0.2, 0.25) is 10.0 Å². The van der Waals surface area contributed by atoms with Crippen LogP contribution in [0, 0.1) is 10.1 Å². The lowest BCUT2D eigenvalue weighted by Gasteiger charge is -2.14. The van der Waals surface area contributed by atoms with E-state index in [4.69, 9.17) is 27.9 Å². The van der Waals surface area contributed by atoms with Gasteiger partial charge in [-0.2, -0.15) is 0 Å². The number of nitro benzene ring substituents is 1. The van der Waals surface area contributed by atoms with Crippen LogP contribution < -0.4 is 5.32 Å². The van der Waals surface area contributed by atoms with Crippen molar-refractivity contribution in [1.82, 2.24) is 5.32 Å². The highest BCUT2D eigenvalue weighted by atomic mass is 35.5. The van der Waals surface area contributed by atoms with E-state index < -0.39 is 29.1 Å². The van der Waals surface area contributed by atoms with Gasteiger partial charge in [-0.05, 0) is 36.8 Å². The highest BCUT2D eigenvalue weighted by Gasteiger charge is 2.22. The van der Waals surface area contributed by atoms with Gasteiger partial charge in [0.25, 0.3) is 11.6 Å². The van der Waals surface area contributed by atoms with Gasteiger partial charge in [-0.3, -0.25) is 14.9 Å². The first-order chi connectivity index (χ1) is 12.3. The molecule has 0 aromatic heterocycles. The summed E-state index contributed by atoms with van der Waals surface area (Å²) < 4.78 is 4.86. The maximum absolute atomic E-state index is 12.0. The summed E-state index contributed by atoms with van der Waals surface area (Å²) in [5, 5.41) is 14.3. The number of nitrogens with one attached hydrogen (secondary N) is 1. The normalized spacial score (nSPS) is 11.5. The first-order valence-electron chi connectivity index (χ1n) is 7.44. The first kappa shape index (κ1) is 19.7. The molecule has 2 aromatic carbocycles. The molecule has 9 heteroatoms. The molecule has 0 heterocycles. The largest absolute Gasteiger partial charge is 0.452 e. The third-order valence-electron chi connectivity index (χ3n) is 3.44. The van der Waals surface area contributed by atoms with E-state index in [1.54, 1.807) is 31.2 Å². The van der Waals surface area contributed by atoms with Gasteiger partial charge in [0.2, 0.25) is 0 Å². The lowest BCUT2D eigenvalue weighted by Crippen LogP contribution is -2.31. The number of nitro groups is 1. The minimum Gasteiger partial charge on any atom is -0.452 e. The van der Waals surface area contributed by atoms with Crippen molar-refractivity contribution in [2.45, 2.75) is 13.0 Å². The minimum atomic E-state index is -1.01. The number of rotatable bonds is 6. The molecule has 0 bridgehead atoms. The summed E-state index contributed by atoms with van der Waals surface area (Å²) in [4.78, 5) is 34.2. The van der Waals surface area contributed by atoms with Crippen molar-refractivity contribution in [3.05, 3.63) is 73.8 Å². The van der Waals surface area contributed by atoms with Gasteiger partial charge in [0.1, 0.15) is 5.56 Å². The van der Waals surface area contributed by atoms with E-state index in [0.717, 1.165) is 17.7 Å². The standard InChI is InChI=1S/C17H14Cl2N2O5/c1-10(11-3-2-4-12(18)7-11)20-16(22)9-26-17(23)14-8-13(19)5-6-15(14)21(24)25/h2-8,10H,9H2,1H3,(H,20,22)/t10-/m0/s1. The third-order valence-corrected chi connectivity index (χ3v) is 3.91. The maximum atomic E-state index is 12.0. The Balaban J connectivity index is 1.98. The minimum absolute atomic E-state index is 0.140. The van der Waals surface area contributed by atoms with Crippen LogP contribution in [-0.2, 0) is 9.53 Å². The molecule has 0 saturated heterocycles. The highest BCUT2D eigenvalue weighted by molar-refractivity contribution is 6.31. The number of amides is 1. The van der Waals surface area contributed by atoms with E-state index in [-0.39, 0.29) is 16.6 Å². The van der Waals surface area contributed by atoms with Crippen LogP contribution in [0.4, 0.5) is 5.69 Å². The van der Waals surface area contributed by atoms with Crippen molar-refractivity contribution < 1.29 is 19.2 Å². The summed E-state index contributed by atoms with van der Waals surface area (Å²) in [6, 6.07) is 10.1. The number of benzene rings is 2. The molecule has 0 radical (unpaired) electrons. The predicted octanol–water partition coefficient (Wildman–Crippen LogP) is 3.94. The second-order valence-corrected chi connectivity index (χ2v) is 6.21. The van der Waals surface area contributed by atoms with E-state index in [9.17, 15) is 19.7 Å². The third kappa shape index (κ3) is 5.18. The van der Waals surface area contributed by atoms with Crippen molar-refractivity contribution >= 4 is 40.8 Å². The summed E-state index contributed by atoms with van der Waals surface area (Å²) in [5.74, 6) is -1.57. The summed E-state index contributed by atoms with van der Waals surface area (Å²) in [7, 11) is 0. The van der Waals surface area contributed by atoms with Gasteiger partial charge in [0, 0.05) is 16.1 Å². The van der Waals surface area contributed by atoms with E-state index >= 15 is 0 Å². The predicted molar refractivity (Wildman–Crippen MR) is 96.4 cm³/mol. The number of hydrogen-bond acceptors (Lipinski definition) is 5. The van der Waals surface area contributed by atoms with Gasteiger partial charge in [-0.15, -0.1) is 0 Å². The number of halogens is 2. The van der Waals surface area contributed by atoms with Crippen LogP contribution in [0.1, 0.15) is 28.9 Å². The topological polar surface area (TPSA) is 98.5 Å². The fourth-order valence-electron chi connectivity index (χ4n) is 2.18. The zero-order valence-electron chi connectivity index (χ0n) is 13.6. The van der Waals surface area contributed by atoms with Gasteiger partial charge in [-0.25, -0.2) is 4.79 Å². The van der Waals surface area contributed by atoms with Gasteiger partial charge in [0.05, 0.1) is 11.0 Å². The van der Waals surface area contributed by atoms with Crippen LogP contribution >= 0.6 is 23.2 Å². The fourth-order valence-corrected chi connectivity index (χ4v) is 2.55. The Hall–Kier alpha value is -2.64. The number of hydrogen-bond donors (Lipinski definition) is 1. The molecule has 0 aliphatic carbocycles. The average Bonchev–Trinajstić information content (AvgIpc) is 2.59. The highest BCUT2D eigenvalue weighted by Crippen LogP contribution is 2.23. The molecule has 0 fully saturated rings. The van der Waals surface area contributed by atoms with Crippen LogP contribution in [0.5, 0.6) is 0 Å². The van der Waals surface area contributed by atoms with Crippen molar-refractivity contribution in [2.24, 2.45) is 0 Å². The van der Waals surface area contributed by atoms with E-state index in [0.29, 0.717) is 5.02 Å². The molecule has 0 aliphatic heterocycles. The molecule has 7 nitrogen and oxygen atoms in total. The lowest BCUT2D eigenvalue weighted by molar-refractivity contribution is -0.385. The van der Waals surface area contributed by atoms with Gasteiger partial charge >= 0.3 is 5.97 Å². The Morgan fingerprint density at radius 2 is 1.88 bits per heavy atom. The molecule has 0 spiro atoms. The summed E-state index contributed by atoms with van der Waals surface area (Å²) in [6.45, 7) is 1.15. The zero-order chi connectivity index (χ0) is 19.3. The fraction of sp³-hybridized carbons (Fsp3) is 0.176. The summed E-state index contributed by atoms with van der Waals surface area (Å²) >= 11 is 11.7. The Kier molecular flexibility index (Phi) is 6.54. The van der Waals surface area contributed by atoms with Gasteiger partial charge < -0.3 is 10.1 Å². The molecule has 0 saturated carbocycles. The van der Waals surface area contributed by atoms with Gasteiger partial charge in [-0.1, -0.05) is 35.3 Å². The smallest absolute Gasteiger partial charge is 0.345 e. The zero-order valence-corrected chi connectivity index (χ0v) is 15.1. The maximum Gasteiger partial charge on any atom is 0.345 e. The van der Waals surface area contributed by atoms with Crippen molar-refractivity contribution in [2.75, 3.05) is 6.61 Å². The molecular formula is C17H14Cl2N2O5. The number of esters is 1. The molecule has 1 atom stereocenters. The Bertz CT molecular complexity index is 857. The molecule has 26 heavy (non-hydrogen) atoms. The van der Waals surface area contributed by atoms with Gasteiger partial charge in [0.15, 0.2) is 6.61 Å². The molecule has 0 unspecified atom stereocenters. The Morgan fingerprint density at radius 1 is 1.19 bits per heavy atom. The quantitative estimate of drug-likeness (QED) is 0.452. The van der Waals surface area contributed by atoms with Crippen molar-refractivity contribution in [1.29, 1.82) is 0 Å². The van der Waals surface area contributed by atoms with E-state index in [1.165, 1.54) is 6.07 Å². The van der Waals surface area contributed by atoms with E-state index in [1.807, 2.05) is 0 Å². The monoisotopic (exact) mass is 396 g/mol. The van der Waals surface area contributed by atoms with Crippen LogP contribution in [0.15, 0.2) is 42.5 Å². The lowest BCUT2D eigenvalue weighted by atomic mass is 10.1.